The summed E-state index contributed by atoms with van der Waals surface area (Å²) in [5, 5.41) is 10.1. The van der Waals surface area contributed by atoms with Crippen LogP contribution in [0.3, 0.4) is 0 Å². The van der Waals surface area contributed by atoms with E-state index in [0.29, 0.717) is 30.5 Å². The first-order valence-corrected chi connectivity index (χ1v) is 11.8. The Hall–Kier alpha value is -3.56. The van der Waals surface area contributed by atoms with E-state index in [1.54, 1.807) is 6.92 Å². The van der Waals surface area contributed by atoms with Gasteiger partial charge in [-0.25, -0.2) is 4.98 Å². The van der Waals surface area contributed by atoms with Crippen molar-refractivity contribution in [2.24, 2.45) is 10.7 Å². The van der Waals surface area contributed by atoms with Gasteiger partial charge in [0, 0.05) is 37.9 Å². The molecule has 37 heavy (non-hydrogen) atoms. The average molecular weight is 539 g/mol. The number of halogens is 3. The highest BCUT2D eigenvalue weighted by Crippen LogP contribution is 2.31. The second kappa shape index (κ2) is 12.1. The molecule has 0 atom stereocenters. The lowest BCUT2D eigenvalue weighted by Crippen LogP contribution is -2.47. The quantitative estimate of drug-likeness (QED) is 0.371. The normalized spacial score (nSPS) is 15.3. The number of amides is 2. The Bertz CT molecular complexity index is 1200. The van der Waals surface area contributed by atoms with Crippen LogP contribution in [0.2, 0.25) is 0 Å². The largest absolute Gasteiger partial charge is 0.573 e. The molecule has 1 aliphatic rings. The third-order valence-electron chi connectivity index (χ3n) is 5.10. The molecule has 0 unspecified atom stereocenters. The van der Waals surface area contributed by atoms with Crippen LogP contribution in [-0.2, 0) is 4.79 Å². The van der Waals surface area contributed by atoms with Crippen LogP contribution >= 0.6 is 11.8 Å². The topological polar surface area (TPSA) is 150 Å². The zero-order valence-corrected chi connectivity index (χ0v) is 20.8. The first-order chi connectivity index (χ1) is 17.4. The lowest BCUT2D eigenvalue weighted by Gasteiger charge is -2.31. The number of rotatable bonds is 6. The molecule has 0 spiro atoms. The maximum absolute atomic E-state index is 12.9. The zero-order valence-electron chi connectivity index (χ0n) is 20.0. The van der Waals surface area contributed by atoms with E-state index in [4.69, 9.17) is 11.1 Å². The Morgan fingerprint density at radius 2 is 1.95 bits per heavy atom. The van der Waals surface area contributed by atoms with E-state index in [2.05, 4.69) is 29.9 Å². The maximum Gasteiger partial charge on any atom is 0.573 e. The van der Waals surface area contributed by atoms with Gasteiger partial charge in [-0.1, -0.05) is 0 Å². The fourth-order valence-electron chi connectivity index (χ4n) is 3.29. The molecular weight excluding hydrogens is 513 g/mol. The van der Waals surface area contributed by atoms with Crippen molar-refractivity contribution >= 4 is 39.5 Å². The van der Waals surface area contributed by atoms with Crippen LogP contribution < -0.4 is 15.8 Å². The van der Waals surface area contributed by atoms with E-state index in [-0.39, 0.29) is 33.7 Å². The molecule has 0 bridgehead atoms. The van der Waals surface area contributed by atoms with Crippen LogP contribution in [0, 0.1) is 12.3 Å². The van der Waals surface area contributed by atoms with E-state index in [0.717, 1.165) is 31.3 Å². The van der Waals surface area contributed by atoms with Crippen molar-refractivity contribution in [2.45, 2.75) is 13.3 Å². The Kier molecular flexibility index (Phi) is 9.18. The van der Waals surface area contributed by atoms with Gasteiger partial charge in [0.1, 0.15) is 10.7 Å². The number of thioether (sulfide) groups is 1. The number of anilines is 1. The molecule has 4 N–H and O–H groups in total. The summed E-state index contributed by atoms with van der Waals surface area (Å²) in [6.45, 7) is 4.43. The molecule has 15 heteroatoms. The molecule has 1 aromatic heterocycles. The van der Waals surface area contributed by atoms with Crippen LogP contribution in [0.15, 0.2) is 35.6 Å². The summed E-state index contributed by atoms with van der Waals surface area (Å²) < 4.78 is 42.7. The smallest absolute Gasteiger partial charge is 0.404 e. The van der Waals surface area contributed by atoms with Crippen LogP contribution in [0.1, 0.15) is 21.7 Å². The summed E-state index contributed by atoms with van der Waals surface area (Å²) in [5.74, 6) is -2.13. The number of alkyl halides is 3. The molecule has 11 nitrogen and oxygen atoms in total. The van der Waals surface area contributed by atoms with E-state index in [1.807, 2.05) is 11.9 Å². The van der Waals surface area contributed by atoms with Crippen LogP contribution in [0.4, 0.5) is 18.9 Å². The number of carbonyl (C=O) groups excluding carboxylic acids is 2. The monoisotopic (exact) mass is 538 g/mol. The minimum Gasteiger partial charge on any atom is -0.404 e. The number of aliphatic imine (C=N–C) groups is 1. The summed E-state index contributed by atoms with van der Waals surface area (Å²) in [4.78, 5) is 40.9. The number of nitrogens with zero attached hydrogens (tertiary/aromatic N) is 5. The van der Waals surface area contributed by atoms with Gasteiger partial charge in [-0.15, -0.1) is 13.2 Å². The summed E-state index contributed by atoms with van der Waals surface area (Å²) in [6, 6.07) is 3.01. The van der Waals surface area contributed by atoms with Crippen LogP contribution in [-0.4, -0.2) is 87.9 Å². The number of benzene rings is 1. The molecule has 2 heterocycles. The number of aryl methyl sites for hydroxylation is 1. The predicted molar refractivity (Wildman–Crippen MR) is 133 cm³/mol. The predicted octanol–water partition coefficient (Wildman–Crippen LogP) is 2.08. The Balaban J connectivity index is 1.75. The van der Waals surface area contributed by atoms with Gasteiger partial charge in [0.25, 0.3) is 5.91 Å². The fraction of sp³-hybridized carbons (Fsp3) is 0.364. The van der Waals surface area contributed by atoms with Crippen molar-refractivity contribution in [1.29, 1.82) is 5.41 Å². The number of likely N-dealkylation sites (N-methyl/N-ethyl adjacent to an activating group) is 1. The average Bonchev–Trinajstić information content (AvgIpc) is 2.80. The molecule has 1 saturated heterocycles. The minimum atomic E-state index is -5.01. The number of nitrogens with one attached hydrogen (secondary N) is 2. The number of ether oxygens (including phenoxy) is 1. The second-order valence-corrected chi connectivity index (χ2v) is 9.15. The van der Waals surface area contributed by atoms with Crippen molar-refractivity contribution in [3.63, 3.8) is 0 Å². The Morgan fingerprint density at radius 1 is 1.24 bits per heavy atom. The molecule has 0 saturated carbocycles. The van der Waals surface area contributed by atoms with Gasteiger partial charge < -0.3 is 20.7 Å². The van der Waals surface area contributed by atoms with Gasteiger partial charge in [-0.05, 0) is 43.9 Å². The van der Waals surface area contributed by atoms with Crippen molar-refractivity contribution in [1.82, 2.24) is 19.8 Å². The zero-order chi connectivity index (χ0) is 27.2. The van der Waals surface area contributed by atoms with E-state index < -0.39 is 23.9 Å². The van der Waals surface area contributed by atoms with Gasteiger partial charge >= 0.3 is 6.36 Å². The number of amidine groups is 1. The van der Waals surface area contributed by atoms with Crippen molar-refractivity contribution < 1.29 is 27.5 Å². The molecule has 3 rings (SSSR count). The van der Waals surface area contributed by atoms with Gasteiger partial charge in [0.05, 0.1) is 24.1 Å². The maximum atomic E-state index is 12.9. The SMILES string of the molecule is Cc1cncc(C(=N)SC(N)=NC(=O)c2ccc(OC(F)(F)F)c(NC(=O)CN3CCN(C)CC3)c2)n1. The molecule has 2 amide bonds. The van der Waals surface area contributed by atoms with Crippen LogP contribution in [0.25, 0.3) is 0 Å². The van der Waals surface area contributed by atoms with Gasteiger partial charge in [-0.3, -0.25) is 24.9 Å². The first-order valence-electron chi connectivity index (χ1n) is 10.9. The van der Waals surface area contributed by atoms with E-state index >= 15 is 0 Å². The fourth-order valence-corrected chi connectivity index (χ4v) is 3.83. The molecule has 1 aliphatic heterocycles. The highest BCUT2D eigenvalue weighted by molar-refractivity contribution is 8.26. The lowest BCUT2D eigenvalue weighted by molar-refractivity contribution is -0.274. The molecular formula is C22H25F3N8O3S. The summed E-state index contributed by atoms with van der Waals surface area (Å²) >= 11 is 0.665. The highest BCUT2D eigenvalue weighted by atomic mass is 32.2. The van der Waals surface area contributed by atoms with Gasteiger partial charge in [0.15, 0.2) is 10.9 Å². The highest BCUT2D eigenvalue weighted by Gasteiger charge is 2.32. The summed E-state index contributed by atoms with van der Waals surface area (Å²) in [7, 11) is 1.95. The van der Waals surface area contributed by atoms with Gasteiger partial charge in [0.2, 0.25) is 5.91 Å². The van der Waals surface area contributed by atoms with E-state index in [1.165, 1.54) is 12.4 Å². The van der Waals surface area contributed by atoms with E-state index in [9.17, 15) is 22.8 Å². The second-order valence-electron chi connectivity index (χ2n) is 8.12. The Labute approximate surface area is 214 Å². The number of carbonyl (C=O) groups is 2. The molecule has 1 fully saturated rings. The minimum absolute atomic E-state index is 0.0385. The Morgan fingerprint density at radius 3 is 2.59 bits per heavy atom. The van der Waals surface area contributed by atoms with Crippen molar-refractivity contribution in [3.8, 4) is 5.75 Å². The van der Waals surface area contributed by atoms with Crippen molar-refractivity contribution in [3.05, 3.63) is 47.5 Å². The number of nitrogens with two attached hydrogens (primary N) is 1. The van der Waals surface area contributed by atoms with Crippen molar-refractivity contribution in [2.75, 3.05) is 45.1 Å². The van der Waals surface area contributed by atoms with Crippen LogP contribution in [0.5, 0.6) is 5.75 Å². The standard InChI is InChI=1S/C22H25F3N8O3S/c1-13-10-28-11-16(29-13)19(26)37-21(27)31-20(35)14-3-4-17(36-22(23,24)25)15(9-14)30-18(34)12-33-7-5-32(2)6-8-33/h3-4,9-11,26H,5-8,12H2,1-2H3,(H,30,34)(H2,27,31,35). The number of hydrogen-bond donors (Lipinski definition) is 3. The van der Waals surface area contributed by atoms with Gasteiger partial charge in [-0.2, -0.15) is 4.99 Å². The molecule has 0 aliphatic carbocycles. The third-order valence-corrected chi connectivity index (χ3v) is 5.81. The lowest BCUT2D eigenvalue weighted by atomic mass is 10.1. The molecule has 1 aromatic carbocycles. The summed E-state index contributed by atoms with van der Waals surface area (Å²) in [5.41, 5.74) is 6.11. The molecule has 2 aromatic rings. The molecule has 0 radical (unpaired) electrons. The summed E-state index contributed by atoms with van der Waals surface area (Å²) in [6.07, 6.45) is -2.15. The number of aromatic nitrogens is 2. The third kappa shape index (κ3) is 8.80. The number of hydrogen-bond acceptors (Lipinski definition) is 9. The first kappa shape index (κ1) is 28.0. The number of piperazine rings is 1. The molecule has 198 valence electrons.